The molecule has 88 valence electrons. The normalized spacial score (nSPS) is 25.9. The van der Waals surface area contributed by atoms with Crippen molar-refractivity contribution in [3.05, 3.63) is 35.9 Å². The topological polar surface area (TPSA) is 24.1 Å². The van der Waals surface area contributed by atoms with Gasteiger partial charge in [-0.25, -0.2) is 0 Å². The molecule has 1 aromatic carbocycles. The summed E-state index contributed by atoms with van der Waals surface area (Å²) in [6.07, 6.45) is 1.26. The third kappa shape index (κ3) is 3.06. The van der Waals surface area contributed by atoms with Crippen molar-refractivity contribution in [3.8, 4) is 0 Å². The number of hydrogen-bond acceptors (Lipinski definition) is 2. The highest BCUT2D eigenvalue weighted by Crippen LogP contribution is 2.16. The molecule has 0 aromatic heterocycles. The molecular formula is C14H22N2. The molecule has 1 aliphatic rings. The first-order chi connectivity index (χ1) is 7.75. The van der Waals surface area contributed by atoms with E-state index in [0.717, 1.165) is 19.0 Å². The van der Waals surface area contributed by atoms with Crippen LogP contribution in [0.3, 0.4) is 0 Å². The van der Waals surface area contributed by atoms with Gasteiger partial charge in [0, 0.05) is 25.2 Å². The fourth-order valence-electron chi connectivity index (χ4n) is 2.37. The maximum atomic E-state index is 3.64. The van der Waals surface area contributed by atoms with Gasteiger partial charge < -0.3 is 10.6 Å². The number of hydrogen-bond donors (Lipinski definition) is 2. The Bertz CT molecular complexity index is 300. The van der Waals surface area contributed by atoms with Crippen molar-refractivity contribution < 1.29 is 0 Å². The van der Waals surface area contributed by atoms with E-state index in [-0.39, 0.29) is 0 Å². The van der Waals surface area contributed by atoms with Gasteiger partial charge in [-0.2, -0.15) is 0 Å². The Labute approximate surface area is 98.4 Å². The molecule has 1 saturated heterocycles. The lowest BCUT2D eigenvalue weighted by atomic mass is 9.99. The Hall–Kier alpha value is -0.860. The van der Waals surface area contributed by atoms with Crippen LogP contribution in [0.2, 0.25) is 0 Å². The van der Waals surface area contributed by atoms with E-state index in [2.05, 4.69) is 54.8 Å². The van der Waals surface area contributed by atoms with E-state index in [0.29, 0.717) is 12.1 Å². The van der Waals surface area contributed by atoms with Crippen molar-refractivity contribution in [1.82, 2.24) is 10.6 Å². The van der Waals surface area contributed by atoms with Gasteiger partial charge in [0.25, 0.3) is 0 Å². The maximum Gasteiger partial charge on any atom is 0.0447 e. The van der Waals surface area contributed by atoms with E-state index < -0.39 is 0 Å². The second-order valence-electron chi connectivity index (χ2n) is 5.11. The molecule has 0 saturated carbocycles. The second-order valence-corrected chi connectivity index (χ2v) is 5.11. The first kappa shape index (κ1) is 11.6. The van der Waals surface area contributed by atoms with Gasteiger partial charge in [-0.1, -0.05) is 44.2 Å². The minimum atomic E-state index is 0.476. The van der Waals surface area contributed by atoms with Crippen molar-refractivity contribution in [2.45, 2.75) is 32.4 Å². The van der Waals surface area contributed by atoms with Gasteiger partial charge in [0.2, 0.25) is 0 Å². The molecule has 2 unspecified atom stereocenters. The number of rotatable bonds is 3. The van der Waals surface area contributed by atoms with Crippen molar-refractivity contribution in [2.24, 2.45) is 5.92 Å². The highest BCUT2D eigenvalue weighted by atomic mass is 15.1. The molecule has 16 heavy (non-hydrogen) atoms. The Morgan fingerprint density at radius 3 is 2.44 bits per heavy atom. The Balaban J connectivity index is 1.86. The lowest BCUT2D eigenvalue weighted by molar-refractivity contribution is 0.315. The lowest BCUT2D eigenvalue weighted by Crippen LogP contribution is -2.50. The summed E-state index contributed by atoms with van der Waals surface area (Å²) in [6, 6.07) is 11.8. The van der Waals surface area contributed by atoms with Crippen LogP contribution in [0.4, 0.5) is 0 Å². The first-order valence-corrected chi connectivity index (χ1v) is 6.27. The number of piperazine rings is 1. The third-order valence-electron chi connectivity index (χ3n) is 3.18. The van der Waals surface area contributed by atoms with Crippen LogP contribution in [0.1, 0.15) is 31.9 Å². The zero-order chi connectivity index (χ0) is 11.4. The average Bonchev–Trinajstić information content (AvgIpc) is 2.30. The van der Waals surface area contributed by atoms with Gasteiger partial charge in [0.05, 0.1) is 0 Å². The van der Waals surface area contributed by atoms with Gasteiger partial charge >= 0.3 is 0 Å². The number of nitrogens with one attached hydrogen (secondary N) is 2. The summed E-state index contributed by atoms with van der Waals surface area (Å²) in [4.78, 5) is 0. The molecule has 0 bridgehead atoms. The van der Waals surface area contributed by atoms with Crippen LogP contribution in [-0.4, -0.2) is 19.1 Å². The molecule has 1 aromatic rings. The molecule has 0 spiro atoms. The van der Waals surface area contributed by atoms with E-state index in [1.54, 1.807) is 0 Å². The van der Waals surface area contributed by atoms with Crippen LogP contribution < -0.4 is 10.6 Å². The van der Waals surface area contributed by atoms with Gasteiger partial charge in [0.1, 0.15) is 0 Å². The van der Waals surface area contributed by atoms with Gasteiger partial charge in [0.15, 0.2) is 0 Å². The predicted molar refractivity (Wildman–Crippen MR) is 68.4 cm³/mol. The zero-order valence-corrected chi connectivity index (χ0v) is 10.2. The predicted octanol–water partition coefficient (Wildman–Crippen LogP) is 2.34. The molecule has 1 fully saturated rings. The fourth-order valence-corrected chi connectivity index (χ4v) is 2.37. The number of benzene rings is 1. The van der Waals surface area contributed by atoms with E-state index >= 15 is 0 Å². The van der Waals surface area contributed by atoms with Crippen molar-refractivity contribution in [3.63, 3.8) is 0 Å². The lowest BCUT2D eigenvalue weighted by Gasteiger charge is -2.32. The van der Waals surface area contributed by atoms with E-state index in [4.69, 9.17) is 0 Å². The average molecular weight is 218 g/mol. The largest absolute Gasteiger partial charge is 0.311 e. The molecule has 0 aliphatic carbocycles. The molecule has 2 rings (SSSR count). The standard InChI is InChI=1S/C14H22N2/c1-11(2)8-13-9-16-14(10-15-13)12-6-4-3-5-7-12/h3-7,11,13-16H,8-10H2,1-2H3. The van der Waals surface area contributed by atoms with Gasteiger partial charge in [-0.15, -0.1) is 0 Å². The summed E-state index contributed by atoms with van der Waals surface area (Å²) in [7, 11) is 0. The van der Waals surface area contributed by atoms with Crippen molar-refractivity contribution in [2.75, 3.05) is 13.1 Å². The van der Waals surface area contributed by atoms with Gasteiger partial charge in [-0.3, -0.25) is 0 Å². The summed E-state index contributed by atoms with van der Waals surface area (Å²) in [6.45, 7) is 6.69. The van der Waals surface area contributed by atoms with Crippen LogP contribution in [0.5, 0.6) is 0 Å². The third-order valence-corrected chi connectivity index (χ3v) is 3.18. The second kappa shape index (κ2) is 5.46. The molecule has 0 radical (unpaired) electrons. The monoisotopic (exact) mass is 218 g/mol. The molecule has 2 N–H and O–H groups in total. The van der Waals surface area contributed by atoms with Crippen molar-refractivity contribution >= 4 is 0 Å². The summed E-state index contributed by atoms with van der Waals surface area (Å²) in [5.74, 6) is 0.771. The Morgan fingerprint density at radius 1 is 1.12 bits per heavy atom. The minimum Gasteiger partial charge on any atom is -0.311 e. The van der Waals surface area contributed by atoms with Crippen LogP contribution in [-0.2, 0) is 0 Å². The van der Waals surface area contributed by atoms with E-state index in [9.17, 15) is 0 Å². The van der Waals surface area contributed by atoms with Crippen LogP contribution in [0.25, 0.3) is 0 Å². The Kier molecular flexibility index (Phi) is 3.97. The zero-order valence-electron chi connectivity index (χ0n) is 10.2. The summed E-state index contributed by atoms with van der Waals surface area (Å²) in [5.41, 5.74) is 1.39. The molecule has 2 nitrogen and oxygen atoms in total. The van der Waals surface area contributed by atoms with Crippen LogP contribution in [0, 0.1) is 5.92 Å². The smallest absolute Gasteiger partial charge is 0.0447 e. The fraction of sp³-hybridized carbons (Fsp3) is 0.571. The quantitative estimate of drug-likeness (QED) is 0.813. The molecule has 2 heteroatoms. The van der Waals surface area contributed by atoms with Crippen LogP contribution in [0.15, 0.2) is 30.3 Å². The van der Waals surface area contributed by atoms with E-state index in [1.807, 2.05) is 0 Å². The molecule has 1 heterocycles. The highest BCUT2D eigenvalue weighted by Gasteiger charge is 2.20. The molecule has 2 atom stereocenters. The maximum absolute atomic E-state index is 3.64. The van der Waals surface area contributed by atoms with Crippen LogP contribution >= 0.6 is 0 Å². The van der Waals surface area contributed by atoms with Crippen molar-refractivity contribution in [1.29, 1.82) is 0 Å². The minimum absolute atomic E-state index is 0.476. The van der Waals surface area contributed by atoms with E-state index in [1.165, 1.54) is 12.0 Å². The first-order valence-electron chi connectivity index (χ1n) is 6.27. The summed E-state index contributed by atoms with van der Waals surface area (Å²) < 4.78 is 0. The molecule has 0 amide bonds. The SMILES string of the molecule is CC(C)CC1CNC(c2ccccc2)CN1. The molecular weight excluding hydrogens is 196 g/mol. The summed E-state index contributed by atoms with van der Waals surface area (Å²) in [5, 5.41) is 7.26. The van der Waals surface area contributed by atoms with Gasteiger partial charge in [-0.05, 0) is 17.9 Å². The summed E-state index contributed by atoms with van der Waals surface area (Å²) >= 11 is 0. The molecule has 1 aliphatic heterocycles. The highest BCUT2D eigenvalue weighted by molar-refractivity contribution is 5.19. The Morgan fingerprint density at radius 2 is 1.88 bits per heavy atom.